The zero-order valence-corrected chi connectivity index (χ0v) is 9.08. The molecule has 0 radical (unpaired) electrons. The second-order valence-corrected chi connectivity index (χ2v) is 4.43. The third-order valence-corrected chi connectivity index (χ3v) is 3.16. The third kappa shape index (κ3) is 1.33. The lowest BCUT2D eigenvalue weighted by Crippen LogP contribution is -1.84. The summed E-state index contributed by atoms with van der Waals surface area (Å²) in [6.45, 7) is 0. The van der Waals surface area contributed by atoms with Gasteiger partial charge in [-0.2, -0.15) is 0 Å². The van der Waals surface area contributed by atoms with Crippen LogP contribution in [-0.2, 0) is 0 Å². The van der Waals surface area contributed by atoms with Crippen LogP contribution in [0.4, 0.5) is 5.00 Å². The van der Waals surface area contributed by atoms with Crippen LogP contribution in [-0.4, -0.2) is 15.1 Å². The minimum Gasteiger partial charge on any atom is -0.508 e. The van der Waals surface area contributed by atoms with Gasteiger partial charge in [-0.15, -0.1) is 11.3 Å². The molecule has 3 aromatic rings. The standard InChI is InChI=1S/C11H9N3OS/c12-10-7(3-4-16-10)11-13-8-2-1-6(15)5-9(8)14-11/h1-5,15H,12H2,(H,13,14). The number of hydrogen-bond acceptors (Lipinski definition) is 4. The summed E-state index contributed by atoms with van der Waals surface area (Å²) in [6.07, 6.45) is 0. The third-order valence-electron chi connectivity index (χ3n) is 2.42. The number of imidazole rings is 1. The van der Waals surface area contributed by atoms with Crippen molar-refractivity contribution in [3.63, 3.8) is 0 Å². The largest absolute Gasteiger partial charge is 0.508 e. The fourth-order valence-electron chi connectivity index (χ4n) is 1.64. The lowest BCUT2D eigenvalue weighted by molar-refractivity contribution is 0.476. The summed E-state index contributed by atoms with van der Waals surface area (Å²) in [6, 6.07) is 6.96. The van der Waals surface area contributed by atoms with E-state index in [2.05, 4.69) is 9.97 Å². The van der Waals surface area contributed by atoms with Gasteiger partial charge in [-0.05, 0) is 23.6 Å². The number of thiophene rings is 1. The van der Waals surface area contributed by atoms with Crippen LogP contribution in [0.2, 0.25) is 0 Å². The molecule has 0 saturated carbocycles. The van der Waals surface area contributed by atoms with Crippen LogP contribution in [0.3, 0.4) is 0 Å². The molecule has 80 valence electrons. The highest BCUT2D eigenvalue weighted by atomic mass is 32.1. The monoisotopic (exact) mass is 231 g/mol. The Labute approximate surface area is 95.4 Å². The zero-order chi connectivity index (χ0) is 11.1. The number of nitrogen functional groups attached to an aromatic ring is 1. The number of aromatic amines is 1. The Hall–Kier alpha value is -2.01. The Kier molecular flexibility index (Phi) is 1.87. The number of phenolic OH excluding ortho intramolecular Hbond substituents is 1. The summed E-state index contributed by atoms with van der Waals surface area (Å²) in [5.74, 6) is 0.959. The molecule has 5 heteroatoms. The summed E-state index contributed by atoms with van der Waals surface area (Å²) in [4.78, 5) is 7.55. The molecule has 0 aliphatic rings. The van der Waals surface area contributed by atoms with Gasteiger partial charge in [0.05, 0.1) is 21.6 Å². The van der Waals surface area contributed by atoms with Gasteiger partial charge in [0.15, 0.2) is 0 Å². The lowest BCUT2D eigenvalue weighted by Gasteiger charge is -1.92. The highest BCUT2D eigenvalue weighted by Crippen LogP contribution is 2.30. The summed E-state index contributed by atoms with van der Waals surface area (Å²) in [5.41, 5.74) is 8.36. The van der Waals surface area contributed by atoms with E-state index in [4.69, 9.17) is 5.73 Å². The fraction of sp³-hybridized carbons (Fsp3) is 0. The van der Waals surface area contributed by atoms with Crippen LogP contribution in [0.5, 0.6) is 5.75 Å². The molecule has 16 heavy (non-hydrogen) atoms. The first-order valence-electron chi connectivity index (χ1n) is 4.76. The van der Waals surface area contributed by atoms with Gasteiger partial charge < -0.3 is 15.8 Å². The maximum atomic E-state index is 9.35. The van der Waals surface area contributed by atoms with Crippen molar-refractivity contribution in [3.8, 4) is 17.1 Å². The van der Waals surface area contributed by atoms with Crippen molar-refractivity contribution in [2.75, 3.05) is 5.73 Å². The Morgan fingerprint density at radius 2 is 2.19 bits per heavy atom. The second kappa shape index (κ2) is 3.24. The summed E-state index contributed by atoms with van der Waals surface area (Å²) >= 11 is 1.48. The van der Waals surface area contributed by atoms with E-state index in [9.17, 15) is 5.11 Å². The van der Waals surface area contributed by atoms with Gasteiger partial charge in [0.25, 0.3) is 0 Å². The molecule has 1 aromatic carbocycles. The van der Waals surface area contributed by atoms with Crippen molar-refractivity contribution in [2.45, 2.75) is 0 Å². The Balaban J connectivity index is 2.23. The highest BCUT2D eigenvalue weighted by molar-refractivity contribution is 7.14. The van der Waals surface area contributed by atoms with Crippen LogP contribution in [0, 0.1) is 0 Å². The molecular weight excluding hydrogens is 222 g/mol. The molecule has 0 aliphatic heterocycles. The number of aromatic nitrogens is 2. The van der Waals surface area contributed by atoms with Crippen molar-refractivity contribution in [1.82, 2.24) is 9.97 Å². The normalized spacial score (nSPS) is 11.0. The smallest absolute Gasteiger partial charge is 0.141 e. The molecule has 0 amide bonds. The van der Waals surface area contributed by atoms with Crippen molar-refractivity contribution in [1.29, 1.82) is 0 Å². The van der Waals surface area contributed by atoms with E-state index in [1.165, 1.54) is 11.3 Å². The number of nitrogens with zero attached hydrogens (tertiary/aromatic N) is 1. The average molecular weight is 231 g/mol. The van der Waals surface area contributed by atoms with Crippen LogP contribution in [0.1, 0.15) is 0 Å². The number of phenols is 1. The van der Waals surface area contributed by atoms with Crippen molar-refractivity contribution in [2.24, 2.45) is 0 Å². The zero-order valence-electron chi connectivity index (χ0n) is 8.27. The Morgan fingerprint density at radius 3 is 2.94 bits per heavy atom. The number of benzene rings is 1. The Bertz CT molecular complexity index is 656. The van der Waals surface area contributed by atoms with E-state index in [1.807, 2.05) is 11.4 Å². The molecule has 0 atom stereocenters. The molecule has 4 N–H and O–H groups in total. The number of hydrogen-bond donors (Lipinski definition) is 3. The minimum atomic E-state index is 0.223. The predicted molar refractivity (Wildman–Crippen MR) is 65.5 cm³/mol. The highest BCUT2D eigenvalue weighted by Gasteiger charge is 2.09. The molecule has 4 nitrogen and oxygen atoms in total. The summed E-state index contributed by atoms with van der Waals surface area (Å²) in [7, 11) is 0. The van der Waals surface area contributed by atoms with E-state index in [0.717, 1.165) is 27.4 Å². The second-order valence-electron chi connectivity index (χ2n) is 3.49. The van der Waals surface area contributed by atoms with Gasteiger partial charge in [-0.25, -0.2) is 4.98 Å². The van der Waals surface area contributed by atoms with Gasteiger partial charge in [0.1, 0.15) is 11.6 Å². The van der Waals surface area contributed by atoms with E-state index in [1.54, 1.807) is 18.2 Å². The number of nitrogens with one attached hydrogen (secondary N) is 1. The van der Waals surface area contributed by atoms with Crippen LogP contribution < -0.4 is 5.73 Å². The number of rotatable bonds is 1. The van der Waals surface area contributed by atoms with Crippen LogP contribution in [0.15, 0.2) is 29.6 Å². The first-order valence-corrected chi connectivity index (χ1v) is 5.64. The van der Waals surface area contributed by atoms with E-state index < -0.39 is 0 Å². The molecule has 2 aromatic heterocycles. The van der Waals surface area contributed by atoms with Crippen molar-refractivity contribution >= 4 is 27.4 Å². The van der Waals surface area contributed by atoms with Gasteiger partial charge >= 0.3 is 0 Å². The molecule has 0 fully saturated rings. The lowest BCUT2D eigenvalue weighted by atomic mass is 10.3. The van der Waals surface area contributed by atoms with Crippen molar-refractivity contribution in [3.05, 3.63) is 29.6 Å². The molecule has 2 heterocycles. The van der Waals surface area contributed by atoms with Gasteiger partial charge in [-0.1, -0.05) is 0 Å². The quantitative estimate of drug-likeness (QED) is 0.602. The Morgan fingerprint density at radius 1 is 1.31 bits per heavy atom. The van der Waals surface area contributed by atoms with Gasteiger partial charge in [0, 0.05) is 6.07 Å². The first-order chi connectivity index (χ1) is 7.74. The first kappa shape index (κ1) is 9.23. The molecule has 0 spiro atoms. The van der Waals surface area contributed by atoms with Crippen LogP contribution >= 0.6 is 11.3 Å². The minimum absolute atomic E-state index is 0.223. The average Bonchev–Trinajstić information content (AvgIpc) is 2.82. The molecule has 0 unspecified atom stereocenters. The number of nitrogens with two attached hydrogens (primary N) is 1. The fourth-order valence-corrected chi connectivity index (χ4v) is 2.28. The molecule has 0 aliphatic carbocycles. The SMILES string of the molecule is Nc1sccc1-c1nc2ccc(O)cc2[nH]1. The molecular formula is C11H9N3OS. The van der Waals surface area contributed by atoms with E-state index in [0.29, 0.717) is 0 Å². The summed E-state index contributed by atoms with van der Waals surface area (Å²) in [5, 5.41) is 12.0. The number of aromatic hydroxyl groups is 1. The number of fused-ring (bicyclic) bond motifs is 1. The van der Waals surface area contributed by atoms with E-state index in [-0.39, 0.29) is 5.75 Å². The topological polar surface area (TPSA) is 74.9 Å². The van der Waals surface area contributed by atoms with Crippen molar-refractivity contribution < 1.29 is 5.11 Å². The number of anilines is 1. The van der Waals surface area contributed by atoms with Crippen LogP contribution in [0.25, 0.3) is 22.4 Å². The molecule has 0 bridgehead atoms. The van der Waals surface area contributed by atoms with Gasteiger partial charge in [0.2, 0.25) is 0 Å². The number of H-pyrrole nitrogens is 1. The summed E-state index contributed by atoms with van der Waals surface area (Å²) < 4.78 is 0. The molecule has 3 rings (SSSR count). The van der Waals surface area contributed by atoms with E-state index >= 15 is 0 Å². The van der Waals surface area contributed by atoms with Gasteiger partial charge in [-0.3, -0.25) is 0 Å². The maximum Gasteiger partial charge on any atom is 0.141 e. The molecule has 0 saturated heterocycles. The predicted octanol–water partition coefficient (Wildman–Crippen LogP) is 2.58. The maximum absolute atomic E-state index is 9.35.